The Morgan fingerprint density at radius 3 is 2.75 bits per heavy atom. The van der Waals surface area contributed by atoms with E-state index in [1.54, 1.807) is 0 Å². The number of hydrogen-bond donors (Lipinski definition) is 1. The highest BCUT2D eigenvalue weighted by Gasteiger charge is 2.33. The van der Waals surface area contributed by atoms with Crippen LogP contribution in [0.4, 0.5) is 0 Å². The van der Waals surface area contributed by atoms with Crippen molar-refractivity contribution in [2.24, 2.45) is 5.92 Å². The van der Waals surface area contributed by atoms with Crippen LogP contribution in [-0.2, 0) is 6.42 Å². The fourth-order valence-electron chi connectivity index (χ4n) is 2.94. The summed E-state index contributed by atoms with van der Waals surface area (Å²) in [5.74, 6) is 1.90. The zero-order valence-corrected chi connectivity index (χ0v) is 12.6. The molecule has 1 N–H and O–H groups in total. The van der Waals surface area contributed by atoms with Gasteiger partial charge in [-0.3, -0.25) is 0 Å². The Morgan fingerprint density at radius 2 is 2.05 bits per heavy atom. The monoisotopic (exact) mass is 271 g/mol. The summed E-state index contributed by atoms with van der Waals surface area (Å²) in [6.07, 6.45) is 6.18. The van der Waals surface area contributed by atoms with Gasteiger partial charge in [-0.1, -0.05) is 26.3 Å². The van der Waals surface area contributed by atoms with Crippen molar-refractivity contribution < 1.29 is 4.42 Å². The first-order chi connectivity index (χ1) is 9.81. The molecule has 1 atom stereocenters. The van der Waals surface area contributed by atoms with Crippen molar-refractivity contribution in [3.63, 3.8) is 0 Å². The average Bonchev–Trinajstić information content (AvgIpc) is 3.19. The second-order valence-electron chi connectivity index (χ2n) is 6.04. The van der Waals surface area contributed by atoms with Crippen LogP contribution in [0.25, 0.3) is 11.0 Å². The third kappa shape index (κ3) is 2.90. The van der Waals surface area contributed by atoms with E-state index in [1.807, 2.05) is 0 Å². The number of benzene rings is 1. The van der Waals surface area contributed by atoms with E-state index in [0.29, 0.717) is 6.04 Å². The van der Waals surface area contributed by atoms with Gasteiger partial charge >= 0.3 is 0 Å². The molecule has 0 bridgehead atoms. The van der Waals surface area contributed by atoms with Crippen LogP contribution in [0.5, 0.6) is 0 Å². The quantitative estimate of drug-likeness (QED) is 0.779. The molecule has 3 rings (SSSR count). The molecule has 2 heteroatoms. The van der Waals surface area contributed by atoms with E-state index in [0.717, 1.165) is 30.2 Å². The third-order valence-electron chi connectivity index (χ3n) is 4.15. The van der Waals surface area contributed by atoms with Crippen LogP contribution < -0.4 is 5.32 Å². The minimum Gasteiger partial charge on any atom is -0.459 e. The van der Waals surface area contributed by atoms with Crippen LogP contribution in [0.2, 0.25) is 0 Å². The van der Waals surface area contributed by atoms with Crippen molar-refractivity contribution >= 4 is 11.0 Å². The van der Waals surface area contributed by atoms with Gasteiger partial charge in [0.15, 0.2) is 0 Å². The van der Waals surface area contributed by atoms with Crippen molar-refractivity contribution in [3.05, 3.63) is 35.6 Å². The van der Waals surface area contributed by atoms with Crippen LogP contribution in [0, 0.1) is 5.92 Å². The SMILES string of the molecule is CCCNC(c1cc2cc(CCC)ccc2o1)C1CC1. The second kappa shape index (κ2) is 6.01. The average molecular weight is 271 g/mol. The molecule has 0 spiro atoms. The number of fused-ring (bicyclic) bond motifs is 1. The Balaban J connectivity index is 1.86. The molecular weight excluding hydrogens is 246 g/mol. The minimum atomic E-state index is 0.414. The highest BCUT2D eigenvalue weighted by Crippen LogP contribution is 2.42. The summed E-state index contributed by atoms with van der Waals surface area (Å²) >= 11 is 0. The van der Waals surface area contributed by atoms with E-state index in [4.69, 9.17) is 4.42 Å². The number of rotatable bonds is 7. The molecule has 2 aromatic rings. The van der Waals surface area contributed by atoms with Gasteiger partial charge in [0, 0.05) is 5.39 Å². The fourth-order valence-corrected chi connectivity index (χ4v) is 2.94. The molecule has 1 fully saturated rings. The summed E-state index contributed by atoms with van der Waals surface area (Å²) in [6, 6.07) is 9.28. The maximum atomic E-state index is 6.10. The summed E-state index contributed by atoms with van der Waals surface area (Å²) in [7, 11) is 0. The van der Waals surface area contributed by atoms with Gasteiger partial charge in [-0.2, -0.15) is 0 Å². The molecule has 1 saturated carbocycles. The van der Waals surface area contributed by atoms with Crippen molar-refractivity contribution in [2.75, 3.05) is 6.54 Å². The number of furan rings is 1. The number of hydrogen-bond acceptors (Lipinski definition) is 2. The molecule has 1 aliphatic carbocycles. The molecule has 20 heavy (non-hydrogen) atoms. The lowest BCUT2D eigenvalue weighted by molar-refractivity contribution is 0.396. The molecule has 1 heterocycles. The van der Waals surface area contributed by atoms with Crippen LogP contribution in [0.3, 0.4) is 0 Å². The van der Waals surface area contributed by atoms with E-state index in [2.05, 4.69) is 43.4 Å². The highest BCUT2D eigenvalue weighted by molar-refractivity contribution is 5.78. The topological polar surface area (TPSA) is 25.2 Å². The molecule has 1 unspecified atom stereocenters. The molecular formula is C18H25NO. The Morgan fingerprint density at radius 1 is 1.20 bits per heavy atom. The molecule has 0 aliphatic heterocycles. The van der Waals surface area contributed by atoms with Gasteiger partial charge in [0.1, 0.15) is 11.3 Å². The van der Waals surface area contributed by atoms with Gasteiger partial charge in [0.2, 0.25) is 0 Å². The lowest BCUT2D eigenvalue weighted by Gasteiger charge is -2.14. The molecule has 1 aliphatic rings. The maximum Gasteiger partial charge on any atom is 0.134 e. The Hall–Kier alpha value is -1.28. The lowest BCUT2D eigenvalue weighted by atomic mass is 10.1. The van der Waals surface area contributed by atoms with E-state index in [1.165, 1.54) is 36.6 Å². The van der Waals surface area contributed by atoms with E-state index in [-0.39, 0.29) is 0 Å². The molecule has 108 valence electrons. The number of aryl methyl sites for hydroxylation is 1. The lowest BCUT2D eigenvalue weighted by Crippen LogP contribution is -2.23. The van der Waals surface area contributed by atoms with Crippen LogP contribution in [0.1, 0.15) is 56.9 Å². The molecule has 1 aromatic heterocycles. The predicted molar refractivity (Wildman–Crippen MR) is 84.0 cm³/mol. The van der Waals surface area contributed by atoms with Gasteiger partial charge in [-0.05, 0) is 61.9 Å². The molecule has 0 amide bonds. The minimum absolute atomic E-state index is 0.414. The number of nitrogens with one attached hydrogen (secondary N) is 1. The first kappa shape index (κ1) is 13.7. The summed E-state index contributed by atoms with van der Waals surface area (Å²) in [6.45, 7) is 5.51. The zero-order chi connectivity index (χ0) is 13.9. The third-order valence-corrected chi connectivity index (χ3v) is 4.15. The zero-order valence-electron chi connectivity index (χ0n) is 12.6. The van der Waals surface area contributed by atoms with Crippen LogP contribution in [0.15, 0.2) is 28.7 Å². The smallest absolute Gasteiger partial charge is 0.134 e. The molecule has 1 aromatic carbocycles. The highest BCUT2D eigenvalue weighted by atomic mass is 16.3. The summed E-state index contributed by atoms with van der Waals surface area (Å²) in [5, 5.41) is 4.91. The van der Waals surface area contributed by atoms with Crippen LogP contribution in [-0.4, -0.2) is 6.54 Å². The Labute approximate surface area is 121 Å². The van der Waals surface area contributed by atoms with Gasteiger partial charge in [0.25, 0.3) is 0 Å². The maximum absolute atomic E-state index is 6.10. The normalized spacial score (nSPS) is 16.7. The van der Waals surface area contributed by atoms with Crippen LogP contribution >= 0.6 is 0 Å². The van der Waals surface area contributed by atoms with E-state index >= 15 is 0 Å². The van der Waals surface area contributed by atoms with Crippen molar-refractivity contribution in [3.8, 4) is 0 Å². The summed E-state index contributed by atoms with van der Waals surface area (Å²) in [4.78, 5) is 0. The summed E-state index contributed by atoms with van der Waals surface area (Å²) in [5.41, 5.74) is 2.45. The molecule has 0 radical (unpaired) electrons. The summed E-state index contributed by atoms with van der Waals surface area (Å²) < 4.78 is 6.10. The first-order valence-electron chi connectivity index (χ1n) is 8.07. The standard InChI is InChI=1S/C18H25NO/c1-3-5-13-6-9-16-15(11-13)12-17(20-16)18(14-7-8-14)19-10-4-2/h6,9,11-12,14,18-19H,3-5,7-8,10H2,1-2H3. The van der Waals surface area contributed by atoms with Crippen molar-refractivity contribution in [2.45, 2.75) is 52.0 Å². The first-order valence-corrected chi connectivity index (χ1v) is 8.07. The molecule has 2 nitrogen and oxygen atoms in total. The van der Waals surface area contributed by atoms with Gasteiger partial charge in [-0.15, -0.1) is 0 Å². The van der Waals surface area contributed by atoms with Gasteiger partial charge < -0.3 is 9.73 Å². The molecule has 0 saturated heterocycles. The second-order valence-corrected chi connectivity index (χ2v) is 6.04. The largest absolute Gasteiger partial charge is 0.459 e. The van der Waals surface area contributed by atoms with E-state index in [9.17, 15) is 0 Å². The van der Waals surface area contributed by atoms with Gasteiger partial charge in [-0.25, -0.2) is 0 Å². The Kier molecular flexibility index (Phi) is 4.11. The van der Waals surface area contributed by atoms with Gasteiger partial charge in [0.05, 0.1) is 6.04 Å². The predicted octanol–water partition coefficient (Wildman–Crippen LogP) is 4.84. The van der Waals surface area contributed by atoms with Crippen molar-refractivity contribution in [1.82, 2.24) is 5.32 Å². The fraction of sp³-hybridized carbons (Fsp3) is 0.556. The Bertz CT molecular complexity index is 568. The van der Waals surface area contributed by atoms with E-state index < -0.39 is 0 Å². The van der Waals surface area contributed by atoms with Crippen molar-refractivity contribution in [1.29, 1.82) is 0 Å².